The average Bonchev–Trinajstić information content (AvgIpc) is 3.42. The van der Waals surface area contributed by atoms with Crippen molar-refractivity contribution >= 4 is 21.7 Å². The molecule has 0 radical (unpaired) electrons. The third-order valence-corrected chi connectivity index (χ3v) is 6.51. The number of fused-ring (bicyclic) bond motifs is 1. The van der Waals surface area contributed by atoms with Gasteiger partial charge in [0.1, 0.15) is 11.6 Å². The number of halogens is 1. The van der Waals surface area contributed by atoms with Gasteiger partial charge in [-0.2, -0.15) is 0 Å². The quantitative estimate of drug-likeness (QED) is 0.835. The number of anilines is 1. The summed E-state index contributed by atoms with van der Waals surface area (Å²) in [7, 11) is -3.21. The van der Waals surface area contributed by atoms with Gasteiger partial charge in [-0.15, -0.1) is 0 Å². The van der Waals surface area contributed by atoms with Crippen LogP contribution in [0.4, 0.5) is 15.0 Å². The fourth-order valence-electron chi connectivity index (χ4n) is 2.78. The van der Waals surface area contributed by atoms with Crippen LogP contribution in [-0.4, -0.2) is 24.7 Å². The second-order valence-electron chi connectivity index (χ2n) is 6.32. The molecule has 0 bridgehead atoms. The number of sulfone groups is 1. The van der Waals surface area contributed by atoms with Crippen molar-refractivity contribution in [3.05, 3.63) is 47.4 Å². The van der Waals surface area contributed by atoms with E-state index in [1.54, 1.807) is 12.1 Å². The largest absolute Gasteiger partial charge is 0.454 e. The highest BCUT2D eigenvalue weighted by atomic mass is 32.2. The van der Waals surface area contributed by atoms with Crippen LogP contribution in [0.5, 0.6) is 11.5 Å². The Bertz CT molecular complexity index is 989. The molecule has 1 fully saturated rings. The lowest BCUT2D eigenvalue weighted by molar-refractivity contribution is 0.250. The van der Waals surface area contributed by atoms with Crippen molar-refractivity contribution < 1.29 is 22.3 Å². The van der Waals surface area contributed by atoms with Crippen molar-refractivity contribution in [3.63, 3.8) is 0 Å². The fourth-order valence-corrected chi connectivity index (χ4v) is 4.52. The van der Waals surface area contributed by atoms with Crippen LogP contribution in [0.25, 0.3) is 0 Å². The maximum Gasteiger partial charge on any atom is 0.320 e. The molecule has 26 heavy (non-hydrogen) atoms. The molecule has 1 aromatic heterocycles. The molecule has 2 aliphatic rings. The van der Waals surface area contributed by atoms with Crippen LogP contribution in [0.1, 0.15) is 24.0 Å². The van der Waals surface area contributed by atoms with E-state index in [-0.39, 0.29) is 29.3 Å². The van der Waals surface area contributed by atoms with Crippen LogP contribution in [0.3, 0.4) is 0 Å². The molecule has 1 aliphatic carbocycles. The second kappa shape index (κ2) is 6.24. The van der Waals surface area contributed by atoms with Crippen LogP contribution in [0.15, 0.2) is 30.5 Å². The van der Waals surface area contributed by atoms with Gasteiger partial charge in [0.15, 0.2) is 21.4 Å². The van der Waals surface area contributed by atoms with E-state index in [1.807, 2.05) is 0 Å². The number of nitrogens with zero attached hydrogens (tertiary/aromatic N) is 1. The van der Waals surface area contributed by atoms with Gasteiger partial charge in [0.25, 0.3) is 0 Å². The fraction of sp³-hybridized carbons (Fsp3) is 0.294. The molecule has 2 N–H and O–H groups in total. The smallest absolute Gasteiger partial charge is 0.320 e. The molecule has 1 aromatic carbocycles. The van der Waals surface area contributed by atoms with Gasteiger partial charge in [-0.1, -0.05) is 6.07 Å². The van der Waals surface area contributed by atoms with Crippen molar-refractivity contribution in [1.82, 2.24) is 10.3 Å². The summed E-state index contributed by atoms with van der Waals surface area (Å²) in [5.41, 5.74) is 0.999. The first-order chi connectivity index (χ1) is 12.4. The van der Waals surface area contributed by atoms with Gasteiger partial charge in [0, 0.05) is 6.20 Å². The minimum atomic E-state index is -3.21. The standard InChI is InChI=1S/C17H16FN3O4S/c18-13-7-10(9-26(23,24)11-2-3-11)1-4-15(13)25-14-5-6-19-16-12(14)8-20-17(22)21-16/h1,4-7,11H,2-3,8-9H2,(H2,19,20,21,22). The minimum Gasteiger partial charge on any atom is -0.454 e. The number of carbonyl (C=O) groups is 1. The molecule has 0 saturated heterocycles. The van der Waals surface area contributed by atoms with Crippen LogP contribution >= 0.6 is 0 Å². The third kappa shape index (κ3) is 3.34. The van der Waals surface area contributed by atoms with E-state index in [2.05, 4.69) is 15.6 Å². The highest BCUT2D eigenvalue weighted by Gasteiger charge is 2.35. The van der Waals surface area contributed by atoms with E-state index >= 15 is 0 Å². The maximum atomic E-state index is 14.4. The molecule has 136 valence electrons. The molecule has 7 nitrogen and oxygen atoms in total. The molecule has 2 amide bonds. The number of pyridine rings is 1. The first-order valence-electron chi connectivity index (χ1n) is 8.13. The van der Waals surface area contributed by atoms with Crippen LogP contribution in [0.2, 0.25) is 0 Å². The summed E-state index contributed by atoms with van der Waals surface area (Å²) in [6.45, 7) is 0.212. The third-order valence-electron chi connectivity index (χ3n) is 4.29. The number of nitrogens with one attached hydrogen (secondary N) is 2. The topological polar surface area (TPSA) is 97.4 Å². The predicted molar refractivity (Wildman–Crippen MR) is 92.2 cm³/mol. The van der Waals surface area contributed by atoms with Crippen LogP contribution in [0, 0.1) is 5.82 Å². The zero-order valence-electron chi connectivity index (χ0n) is 13.7. The zero-order chi connectivity index (χ0) is 18.3. The highest BCUT2D eigenvalue weighted by molar-refractivity contribution is 7.91. The van der Waals surface area contributed by atoms with Crippen LogP contribution in [-0.2, 0) is 22.1 Å². The van der Waals surface area contributed by atoms with Gasteiger partial charge in [-0.05, 0) is 36.6 Å². The van der Waals surface area contributed by atoms with E-state index in [4.69, 9.17) is 4.74 Å². The first kappa shape index (κ1) is 16.8. The molecular formula is C17H16FN3O4S. The number of hydrogen-bond donors (Lipinski definition) is 2. The average molecular weight is 377 g/mol. The molecule has 0 spiro atoms. The van der Waals surface area contributed by atoms with Crippen LogP contribution < -0.4 is 15.4 Å². The molecule has 1 aliphatic heterocycles. The van der Waals surface area contributed by atoms with Crippen molar-refractivity contribution in [1.29, 1.82) is 0 Å². The molecule has 2 heterocycles. The molecular weight excluding hydrogens is 361 g/mol. The maximum absolute atomic E-state index is 14.4. The van der Waals surface area contributed by atoms with E-state index in [1.165, 1.54) is 18.3 Å². The molecule has 4 rings (SSSR count). The Balaban J connectivity index is 1.56. The first-order valence-corrected chi connectivity index (χ1v) is 9.84. The Kier molecular flexibility index (Phi) is 4.03. The second-order valence-corrected chi connectivity index (χ2v) is 8.60. The summed E-state index contributed by atoms with van der Waals surface area (Å²) in [5, 5.41) is 4.87. The number of carbonyl (C=O) groups excluding carboxylic acids is 1. The lowest BCUT2D eigenvalue weighted by Gasteiger charge is -2.20. The Labute approximate surface area is 149 Å². The Morgan fingerprint density at radius 2 is 2.04 bits per heavy atom. The number of rotatable bonds is 5. The molecule has 2 aromatic rings. The SMILES string of the molecule is O=C1NCc2c(Oc3ccc(CS(=O)(=O)C4CC4)cc3F)ccnc2N1. The van der Waals surface area contributed by atoms with Gasteiger partial charge >= 0.3 is 6.03 Å². The summed E-state index contributed by atoms with van der Waals surface area (Å²) in [6.07, 6.45) is 2.82. The molecule has 1 saturated carbocycles. The lowest BCUT2D eigenvalue weighted by atomic mass is 10.2. The summed E-state index contributed by atoms with van der Waals surface area (Å²) in [6, 6.07) is 5.35. The summed E-state index contributed by atoms with van der Waals surface area (Å²) in [4.78, 5) is 15.4. The summed E-state index contributed by atoms with van der Waals surface area (Å²) < 4.78 is 44.1. The number of hydrogen-bond acceptors (Lipinski definition) is 5. The number of aromatic nitrogens is 1. The van der Waals surface area contributed by atoms with Crippen molar-refractivity contribution in [2.75, 3.05) is 5.32 Å². The monoisotopic (exact) mass is 377 g/mol. The van der Waals surface area contributed by atoms with Crippen molar-refractivity contribution in [2.45, 2.75) is 30.4 Å². The summed E-state index contributed by atoms with van der Waals surface area (Å²) >= 11 is 0. The van der Waals surface area contributed by atoms with E-state index in [0.717, 1.165) is 0 Å². The van der Waals surface area contributed by atoms with Gasteiger partial charge < -0.3 is 10.1 Å². The number of benzene rings is 1. The van der Waals surface area contributed by atoms with Gasteiger partial charge in [0.2, 0.25) is 0 Å². The van der Waals surface area contributed by atoms with Gasteiger partial charge in [-0.25, -0.2) is 22.6 Å². The Morgan fingerprint density at radius 1 is 1.23 bits per heavy atom. The number of ether oxygens (including phenoxy) is 1. The van der Waals surface area contributed by atoms with Crippen molar-refractivity contribution in [2.24, 2.45) is 0 Å². The predicted octanol–water partition coefficient (Wildman–Crippen LogP) is 2.73. The normalized spacial score (nSPS) is 16.4. The van der Waals surface area contributed by atoms with E-state index in [9.17, 15) is 17.6 Å². The Morgan fingerprint density at radius 3 is 2.77 bits per heavy atom. The summed E-state index contributed by atoms with van der Waals surface area (Å²) in [5.74, 6) is -0.122. The zero-order valence-corrected chi connectivity index (χ0v) is 14.5. The van der Waals surface area contributed by atoms with E-state index < -0.39 is 15.7 Å². The number of urea groups is 1. The lowest BCUT2D eigenvalue weighted by Crippen LogP contribution is -2.34. The van der Waals surface area contributed by atoms with Gasteiger partial charge in [0.05, 0.1) is 23.1 Å². The molecule has 9 heteroatoms. The molecule has 0 atom stereocenters. The van der Waals surface area contributed by atoms with E-state index in [0.29, 0.717) is 35.5 Å². The Hall–Kier alpha value is -2.68. The molecule has 0 unspecified atom stereocenters. The minimum absolute atomic E-state index is 0.0251. The number of amides is 2. The highest BCUT2D eigenvalue weighted by Crippen LogP contribution is 2.34. The van der Waals surface area contributed by atoms with Crippen molar-refractivity contribution in [3.8, 4) is 11.5 Å². The van der Waals surface area contributed by atoms with Gasteiger partial charge in [-0.3, -0.25) is 5.32 Å².